The summed E-state index contributed by atoms with van der Waals surface area (Å²) in [7, 11) is 0. The number of nitrogens with two attached hydrogens (primary N) is 1. The molecule has 20 heavy (non-hydrogen) atoms. The molecule has 0 unspecified atom stereocenters. The van der Waals surface area contributed by atoms with Crippen LogP contribution in [-0.2, 0) is 4.79 Å². The summed E-state index contributed by atoms with van der Waals surface area (Å²) in [6, 6.07) is 14.6. The van der Waals surface area contributed by atoms with Gasteiger partial charge < -0.3 is 10.8 Å². The summed E-state index contributed by atoms with van der Waals surface area (Å²) in [6.07, 6.45) is 4.03. The fourth-order valence-corrected chi connectivity index (χ4v) is 2.77. The minimum Gasteiger partial charge on any atom is -0.480 e. The number of fused-ring (bicyclic) bond motifs is 2. The molecule has 0 bridgehead atoms. The number of rotatable bonds is 2. The second kappa shape index (κ2) is 4.94. The van der Waals surface area contributed by atoms with Gasteiger partial charge in [-0.2, -0.15) is 0 Å². The van der Waals surface area contributed by atoms with Crippen LogP contribution in [0.3, 0.4) is 0 Å². The number of carboxylic acids is 1. The van der Waals surface area contributed by atoms with E-state index in [0.29, 0.717) is 0 Å². The first-order valence-corrected chi connectivity index (χ1v) is 6.53. The first-order chi connectivity index (χ1) is 9.68. The van der Waals surface area contributed by atoms with E-state index in [1.807, 2.05) is 60.7 Å². The van der Waals surface area contributed by atoms with Gasteiger partial charge in [0, 0.05) is 5.92 Å². The van der Waals surface area contributed by atoms with Gasteiger partial charge in [0.25, 0.3) is 0 Å². The van der Waals surface area contributed by atoms with E-state index < -0.39 is 12.0 Å². The number of benzene rings is 2. The van der Waals surface area contributed by atoms with Gasteiger partial charge in [-0.15, -0.1) is 0 Å². The standard InChI is InChI=1S/C17H15NO2/c18-16(17(19)20)15-13-7-3-1-5-11(13)9-10-12-6-2-4-8-14(12)15/h1-10,15-16H,18H2,(H,19,20)/t16-/m0/s1. The van der Waals surface area contributed by atoms with Crippen molar-refractivity contribution < 1.29 is 9.90 Å². The molecule has 3 nitrogen and oxygen atoms in total. The van der Waals surface area contributed by atoms with E-state index in [1.165, 1.54) is 0 Å². The number of aliphatic carboxylic acids is 1. The van der Waals surface area contributed by atoms with Gasteiger partial charge in [0.1, 0.15) is 6.04 Å². The van der Waals surface area contributed by atoms with E-state index in [9.17, 15) is 9.90 Å². The Hall–Kier alpha value is -2.39. The molecule has 2 aromatic carbocycles. The highest BCUT2D eigenvalue weighted by Gasteiger charge is 2.30. The highest BCUT2D eigenvalue weighted by Crippen LogP contribution is 2.36. The minimum absolute atomic E-state index is 0.338. The van der Waals surface area contributed by atoms with Crippen LogP contribution in [0.15, 0.2) is 48.5 Å². The molecule has 0 heterocycles. The van der Waals surface area contributed by atoms with Crippen molar-refractivity contribution in [2.75, 3.05) is 0 Å². The maximum atomic E-state index is 11.4. The van der Waals surface area contributed by atoms with Crippen LogP contribution in [-0.4, -0.2) is 17.1 Å². The van der Waals surface area contributed by atoms with Crippen LogP contribution < -0.4 is 5.73 Å². The summed E-state index contributed by atoms with van der Waals surface area (Å²) in [6.45, 7) is 0. The molecule has 1 aliphatic rings. The first kappa shape index (κ1) is 12.6. The molecule has 3 N–H and O–H groups in total. The molecule has 0 aliphatic heterocycles. The molecule has 3 rings (SSSR count). The molecule has 0 saturated carbocycles. The van der Waals surface area contributed by atoms with E-state index in [1.54, 1.807) is 0 Å². The Balaban J connectivity index is 2.26. The molecule has 100 valence electrons. The summed E-state index contributed by atoms with van der Waals surface area (Å²) in [5.41, 5.74) is 9.92. The highest BCUT2D eigenvalue weighted by atomic mass is 16.4. The number of hydrogen-bond donors (Lipinski definition) is 2. The van der Waals surface area contributed by atoms with E-state index in [2.05, 4.69) is 0 Å². The lowest BCUT2D eigenvalue weighted by molar-refractivity contribution is -0.138. The third-order valence-electron chi connectivity index (χ3n) is 3.75. The van der Waals surface area contributed by atoms with Crippen LogP contribution in [0.5, 0.6) is 0 Å². The average Bonchev–Trinajstić information content (AvgIpc) is 2.63. The molecular formula is C17H15NO2. The van der Waals surface area contributed by atoms with Gasteiger partial charge in [0.2, 0.25) is 0 Å². The Kier molecular flexibility index (Phi) is 3.12. The second-order valence-electron chi connectivity index (χ2n) is 4.93. The molecule has 0 aromatic heterocycles. The molecule has 0 saturated heterocycles. The third-order valence-corrected chi connectivity index (χ3v) is 3.75. The molecular weight excluding hydrogens is 250 g/mol. The van der Waals surface area contributed by atoms with Gasteiger partial charge in [-0.1, -0.05) is 60.7 Å². The van der Waals surface area contributed by atoms with Crippen molar-refractivity contribution in [2.45, 2.75) is 12.0 Å². The van der Waals surface area contributed by atoms with Crippen LogP contribution in [0.1, 0.15) is 28.2 Å². The van der Waals surface area contributed by atoms with E-state index in [-0.39, 0.29) is 5.92 Å². The Morgan fingerprint density at radius 3 is 1.85 bits per heavy atom. The lowest BCUT2D eigenvalue weighted by Crippen LogP contribution is -2.37. The van der Waals surface area contributed by atoms with E-state index in [4.69, 9.17) is 5.73 Å². The van der Waals surface area contributed by atoms with Crippen molar-refractivity contribution in [3.8, 4) is 0 Å². The van der Waals surface area contributed by atoms with Crippen molar-refractivity contribution >= 4 is 18.1 Å². The van der Waals surface area contributed by atoms with Gasteiger partial charge in [-0.05, 0) is 22.3 Å². The number of carbonyl (C=O) groups is 1. The zero-order valence-corrected chi connectivity index (χ0v) is 10.9. The Bertz CT molecular complexity index is 641. The third kappa shape index (κ3) is 2.02. The predicted octanol–water partition coefficient (Wildman–Crippen LogP) is 2.71. The van der Waals surface area contributed by atoms with Gasteiger partial charge >= 0.3 is 5.97 Å². The van der Waals surface area contributed by atoms with E-state index >= 15 is 0 Å². The molecule has 0 spiro atoms. The monoisotopic (exact) mass is 265 g/mol. The van der Waals surface area contributed by atoms with Crippen molar-refractivity contribution in [3.05, 3.63) is 70.8 Å². The lowest BCUT2D eigenvalue weighted by Gasteiger charge is -2.23. The normalized spacial score (nSPS) is 15.1. The largest absolute Gasteiger partial charge is 0.480 e. The van der Waals surface area contributed by atoms with Gasteiger partial charge in [0.15, 0.2) is 0 Å². The lowest BCUT2D eigenvalue weighted by atomic mass is 9.82. The molecule has 0 radical (unpaired) electrons. The summed E-state index contributed by atoms with van der Waals surface area (Å²) < 4.78 is 0. The quantitative estimate of drug-likeness (QED) is 0.877. The predicted molar refractivity (Wildman–Crippen MR) is 79.3 cm³/mol. The molecule has 3 heteroatoms. The molecule has 1 aliphatic carbocycles. The van der Waals surface area contributed by atoms with Gasteiger partial charge in [0.05, 0.1) is 0 Å². The van der Waals surface area contributed by atoms with E-state index in [0.717, 1.165) is 22.3 Å². The second-order valence-corrected chi connectivity index (χ2v) is 4.93. The maximum Gasteiger partial charge on any atom is 0.321 e. The zero-order valence-electron chi connectivity index (χ0n) is 10.9. The Morgan fingerprint density at radius 2 is 1.40 bits per heavy atom. The van der Waals surface area contributed by atoms with Crippen molar-refractivity contribution in [1.29, 1.82) is 0 Å². The number of hydrogen-bond acceptors (Lipinski definition) is 2. The smallest absolute Gasteiger partial charge is 0.321 e. The zero-order chi connectivity index (χ0) is 14.1. The summed E-state index contributed by atoms with van der Waals surface area (Å²) >= 11 is 0. The SMILES string of the molecule is N[C@H](C(=O)O)C1c2ccccc2C=Cc2ccccc21. The first-order valence-electron chi connectivity index (χ1n) is 6.53. The fraction of sp³-hybridized carbons (Fsp3) is 0.118. The number of carboxylic acid groups (broad SMARTS) is 1. The van der Waals surface area contributed by atoms with Crippen LogP contribution in [0.25, 0.3) is 12.2 Å². The molecule has 0 fully saturated rings. The molecule has 0 amide bonds. The van der Waals surface area contributed by atoms with Crippen molar-refractivity contribution in [2.24, 2.45) is 5.73 Å². The minimum atomic E-state index is -0.985. The topological polar surface area (TPSA) is 63.3 Å². The summed E-state index contributed by atoms with van der Waals surface area (Å²) in [5, 5.41) is 9.33. The van der Waals surface area contributed by atoms with Crippen molar-refractivity contribution in [1.82, 2.24) is 0 Å². The molecule has 2 aromatic rings. The van der Waals surface area contributed by atoms with Gasteiger partial charge in [-0.3, -0.25) is 4.79 Å². The van der Waals surface area contributed by atoms with Crippen LogP contribution >= 0.6 is 0 Å². The summed E-state index contributed by atoms with van der Waals surface area (Å²) in [5.74, 6) is -1.32. The van der Waals surface area contributed by atoms with Gasteiger partial charge in [-0.25, -0.2) is 0 Å². The Labute approximate surface area is 117 Å². The maximum absolute atomic E-state index is 11.4. The van der Waals surface area contributed by atoms with Crippen LogP contribution in [0, 0.1) is 0 Å². The fourth-order valence-electron chi connectivity index (χ4n) is 2.77. The van der Waals surface area contributed by atoms with Crippen LogP contribution in [0.4, 0.5) is 0 Å². The highest BCUT2D eigenvalue weighted by molar-refractivity contribution is 5.81. The summed E-state index contributed by atoms with van der Waals surface area (Å²) in [4.78, 5) is 11.4. The molecule has 1 atom stereocenters. The average molecular weight is 265 g/mol. The van der Waals surface area contributed by atoms with Crippen molar-refractivity contribution in [3.63, 3.8) is 0 Å². The van der Waals surface area contributed by atoms with Crippen LogP contribution in [0.2, 0.25) is 0 Å². The Morgan fingerprint density at radius 1 is 0.950 bits per heavy atom.